The van der Waals surface area contributed by atoms with Crippen LogP contribution in [0.1, 0.15) is 11.3 Å². The first-order chi connectivity index (χ1) is 13.0. The lowest BCUT2D eigenvalue weighted by Gasteiger charge is -2.11. The molecule has 1 amide bonds. The smallest absolute Gasteiger partial charge is 0.272 e. The van der Waals surface area contributed by atoms with Crippen molar-refractivity contribution in [1.82, 2.24) is 15.0 Å². The van der Waals surface area contributed by atoms with Gasteiger partial charge in [0.15, 0.2) is 0 Å². The van der Waals surface area contributed by atoms with Gasteiger partial charge in [0, 0.05) is 19.8 Å². The first kappa shape index (κ1) is 18.3. The van der Waals surface area contributed by atoms with Crippen LogP contribution in [0.25, 0.3) is 11.0 Å². The van der Waals surface area contributed by atoms with Gasteiger partial charge in [0.25, 0.3) is 11.5 Å². The van der Waals surface area contributed by atoms with Crippen molar-refractivity contribution in [2.75, 3.05) is 19.0 Å². The number of aryl methyl sites for hydroxylation is 1. The highest BCUT2D eigenvalue weighted by molar-refractivity contribution is 5.83. The fourth-order valence-electron chi connectivity index (χ4n) is 2.69. The summed E-state index contributed by atoms with van der Waals surface area (Å²) in [5, 5.41) is 3.98. The van der Waals surface area contributed by atoms with Crippen LogP contribution in [0.15, 0.2) is 58.4 Å². The van der Waals surface area contributed by atoms with Crippen LogP contribution in [-0.4, -0.2) is 35.8 Å². The lowest BCUT2D eigenvalue weighted by atomic mass is 10.2. The van der Waals surface area contributed by atoms with E-state index in [9.17, 15) is 9.59 Å². The number of hydrogen-bond donors (Lipinski definition) is 1. The Morgan fingerprint density at radius 1 is 1.19 bits per heavy atom. The molecule has 0 saturated heterocycles. The maximum Gasteiger partial charge on any atom is 0.272 e. The van der Waals surface area contributed by atoms with Gasteiger partial charge in [-0.05, 0) is 36.8 Å². The molecule has 27 heavy (non-hydrogen) atoms. The van der Waals surface area contributed by atoms with Crippen LogP contribution in [0.2, 0.25) is 0 Å². The second-order valence-electron chi connectivity index (χ2n) is 6.36. The molecule has 3 aromatic rings. The molecule has 0 atom stereocenters. The number of hydrazone groups is 1. The zero-order chi connectivity index (χ0) is 19.4. The van der Waals surface area contributed by atoms with Gasteiger partial charge in [0.1, 0.15) is 12.2 Å². The van der Waals surface area contributed by atoms with Crippen molar-refractivity contribution in [2.45, 2.75) is 13.5 Å². The second kappa shape index (κ2) is 7.82. The molecule has 0 spiro atoms. The molecule has 1 N–H and O–H groups in total. The maximum atomic E-state index is 12.4. The van der Waals surface area contributed by atoms with Crippen molar-refractivity contribution < 1.29 is 4.79 Å². The highest BCUT2D eigenvalue weighted by atomic mass is 16.2. The number of aromatic nitrogens is 2. The summed E-state index contributed by atoms with van der Waals surface area (Å²) >= 11 is 0. The molecule has 0 radical (unpaired) electrons. The highest BCUT2D eigenvalue weighted by Gasteiger charge is 2.10. The number of nitrogens with one attached hydrogen (secondary N) is 1. The van der Waals surface area contributed by atoms with Gasteiger partial charge in [-0.25, -0.2) is 10.4 Å². The summed E-state index contributed by atoms with van der Waals surface area (Å²) in [6, 6.07) is 15.0. The van der Waals surface area contributed by atoms with Crippen LogP contribution in [0.4, 0.5) is 5.69 Å². The number of anilines is 1. The SMILES string of the molecule is Cc1nc2ccccc2n(CC(=O)NN=Cc2ccc(N(C)C)cc2)c1=O. The van der Waals surface area contributed by atoms with Crippen LogP contribution in [0.5, 0.6) is 0 Å². The number of benzene rings is 2. The molecular formula is C20H21N5O2. The van der Waals surface area contributed by atoms with E-state index in [4.69, 9.17) is 0 Å². The van der Waals surface area contributed by atoms with Crippen LogP contribution in [0.3, 0.4) is 0 Å². The molecule has 0 fully saturated rings. The Hall–Kier alpha value is -3.48. The van der Waals surface area contributed by atoms with Crippen LogP contribution >= 0.6 is 0 Å². The summed E-state index contributed by atoms with van der Waals surface area (Å²) < 4.78 is 1.41. The number of rotatable bonds is 5. The minimum Gasteiger partial charge on any atom is -0.378 e. The second-order valence-corrected chi connectivity index (χ2v) is 6.36. The Morgan fingerprint density at radius 2 is 1.89 bits per heavy atom. The standard InChI is InChI=1S/C20H21N5O2/c1-14-20(27)25(18-7-5-4-6-17(18)22-14)13-19(26)23-21-12-15-8-10-16(11-9-15)24(2)3/h4-12H,13H2,1-3H3,(H,23,26). The summed E-state index contributed by atoms with van der Waals surface area (Å²) in [6.07, 6.45) is 1.57. The zero-order valence-electron chi connectivity index (χ0n) is 15.5. The van der Waals surface area contributed by atoms with Gasteiger partial charge in [-0.3, -0.25) is 14.2 Å². The largest absolute Gasteiger partial charge is 0.378 e. The molecule has 0 aliphatic carbocycles. The average molecular weight is 363 g/mol. The van der Waals surface area contributed by atoms with E-state index in [1.54, 1.807) is 19.2 Å². The van der Waals surface area contributed by atoms with E-state index in [2.05, 4.69) is 15.5 Å². The molecule has 0 unspecified atom stereocenters. The Morgan fingerprint density at radius 3 is 2.59 bits per heavy atom. The van der Waals surface area contributed by atoms with Crippen LogP contribution in [0, 0.1) is 6.92 Å². The van der Waals surface area contributed by atoms with E-state index in [0.717, 1.165) is 11.3 Å². The fourth-order valence-corrected chi connectivity index (χ4v) is 2.69. The van der Waals surface area contributed by atoms with Crippen molar-refractivity contribution in [3.05, 3.63) is 70.1 Å². The molecule has 7 heteroatoms. The molecule has 1 aromatic heterocycles. The molecule has 138 valence electrons. The van der Waals surface area contributed by atoms with Gasteiger partial charge in [-0.2, -0.15) is 5.10 Å². The molecule has 0 aliphatic heterocycles. The molecule has 7 nitrogen and oxygen atoms in total. The lowest BCUT2D eigenvalue weighted by Crippen LogP contribution is -2.31. The van der Waals surface area contributed by atoms with Crippen LogP contribution in [-0.2, 0) is 11.3 Å². The average Bonchev–Trinajstić information content (AvgIpc) is 2.66. The third-order valence-corrected chi connectivity index (χ3v) is 4.13. The Balaban J connectivity index is 1.72. The minimum absolute atomic E-state index is 0.125. The maximum absolute atomic E-state index is 12.4. The van der Waals surface area contributed by atoms with E-state index in [1.807, 2.05) is 61.5 Å². The molecule has 0 aliphatic rings. The van der Waals surface area contributed by atoms with E-state index >= 15 is 0 Å². The zero-order valence-corrected chi connectivity index (χ0v) is 15.5. The first-order valence-corrected chi connectivity index (χ1v) is 8.51. The fraction of sp³-hybridized carbons (Fsp3) is 0.200. The molecule has 1 heterocycles. The summed E-state index contributed by atoms with van der Waals surface area (Å²) in [6.45, 7) is 1.51. The van der Waals surface area contributed by atoms with E-state index in [0.29, 0.717) is 16.7 Å². The van der Waals surface area contributed by atoms with E-state index < -0.39 is 0 Å². The molecule has 0 saturated carbocycles. The number of fused-ring (bicyclic) bond motifs is 1. The monoisotopic (exact) mass is 363 g/mol. The van der Waals surface area contributed by atoms with Crippen molar-refractivity contribution >= 4 is 28.8 Å². The summed E-state index contributed by atoms with van der Waals surface area (Å²) in [5.74, 6) is -0.381. The van der Waals surface area contributed by atoms with E-state index in [-0.39, 0.29) is 18.0 Å². The topological polar surface area (TPSA) is 79.6 Å². The van der Waals surface area contributed by atoms with Gasteiger partial charge in [0.2, 0.25) is 0 Å². The Bertz CT molecular complexity index is 1050. The number of carbonyl (C=O) groups excluding carboxylic acids is 1. The predicted octanol–water partition coefficient (Wildman–Crippen LogP) is 1.92. The Kier molecular flexibility index (Phi) is 5.30. The summed E-state index contributed by atoms with van der Waals surface area (Å²) in [7, 11) is 3.94. The van der Waals surface area contributed by atoms with E-state index in [1.165, 1.54) is 4.57 Å². The van der Waals surface area contributed by atoms with Crippen molar-refractivity contribution in [3.63, 3.8) is 0 Å². The molecule has 2 aromatic carbocycles. The van der Waals surface area contributed by atoms with Crippen LogP contribution < -0.4 is 15.9 Å². The number of amides is 1. The number of carbonyl (C=O) groups is 1. The third kappa shape index (κ3) is 4.20. The van der Waals surface area contributed by atoms with Crippen molar-refractivity contribution in [3.8, 4) is 0 Å². The van der Waals surface area contributed by atoms with Crippen molar-refractivity contribution in [2.24, 2.45) is 5.10 Å². The van der Waals surface area contributed by atoms with Gasteiger partial charge in [0.05, 0.1) is 17.2 Å². The van der Waals surface area contributed by atoms with Crippen molar-refractivity contribution in [1.29, 1.82) is 0 Å². The number of hydrogen-bond acceptors (Lipinski definition) is 5. The number of nitrogens with zero attached hydrogens (tertiary/aromatic N) is 4. The predicted molar refractivity (Wildman–Crippen MR) is 107 cm³/mol. The van der Waals surface area contributed by atoms with Gasteiger partial charge in [-0.15, -0.1) is 0 Å². The van der Waals surface area contributed by atoms with Gasteiger partial charge < -0.3 is 4.90 Å². The Labute approximate surface area is 157 Å². The quantitative estimate of drug-likeness (QED) is 0.555. The molecule has 3 rings (SSSR count). The summed E-state index contributed by atoms with van der Waals surface area (Å²) in [5.41, 5.74) is 5.77. The molecule has 0 bridgehead atoms. The van der Waals surface area contributed by atoms with Gasteiger partial charge in [-0.1, -0.05) is 24.3 Å². The molecular weight excluding hydrogens is 342 g/mol. The minimum atomic E-state index is -0.381. The highest BCUT2D eigenvalue weighted by Crippen LogP contribution is 2.11. The van der Waals surface area contributed by atoms with Gasteiger partial charge >= 0.3 is 0 Å². The first-order valence-electron chi connectivity index (χ1n) is 8.51. The summed E-state index contributed by atoms with van der Waals surface area (Å²) in [4.78, 5) is 30.9. The normalized spacial score (nSPS) is 11.1. The third-order valence-electron chi connectivity index (χ3n) is 4.13. The number of para-hydroxylation sites is 2. The lowest BCUT2D eigenvalue weighted by molar-refractivity contribution is -0.121.